The number of carbonyl (C=O) groups is 1. The molecular formula is C26H40N2O2. The number of imidazole rings is 1. The van der Waals surface area contributed by atoms with Gasteiger partial charge in [-0.1, -0.05) is 6.92 Å². The molecule has 0 aliphatic heterocycles. The predicted molar refractivity (Wildman–Crippen MR) is 118 cm³/mol. The number of aromatic amines is 1. The molecule has 1 aromatic rings. The average Bonchev–Trinajstić information content (AvgIpc) is 3.19. The number of hydrogen-bond donors (Lipinski definition) is 2. The van der Waals surface area contributed by atoms with Gasteiger partial charge in [-0.2, -0.15) is 0 Å². The summed E-state index contributed by atoms with van der Waals surface area (Å²) in [5, 5.41) is 10.6. The van der Waals surface area contributed by atoms with Gasteiger partial charge >= 0.3 is 0 Å². The summed E-state index contributed by atoms with van der Waals surface area (Å²) in [6.07, 6.45) is 11.1. The lowest BCUT2D eigenvalue weighted by Gasteiger charge is -2.56. The van der Waals surface area contributed by atoms with E-state index in [-0.39, 0.29) is 11.3 Å². The first kappa shape index (κ1) is 20.7. The Bertz CT molecular complexity index is 807. The Morgan fingerprint density at radius 2 is 1.80 bits per heavy atom. The van der Waals surface area contributed by atoms with Gasteiger partial charge in [-0.05, 0) is 114 Å². The van der Waals surface area contributed by atoms with Gasteiger partial charge < -0.3 is 10.1 Å². The second kappa shape index (κ2) is 7.18. The number of aromatic nitrogens is 2. The van der Waals surface area contributed by atoms with E-state index >= 15 is 0 Å². The van der Waals surface area contributed by atoms with Crippen molar-refractivity contribution in [2.75, 3.05) is 0 Å². The fourth-order valence-electron chi connectivity index (χ4n) is 8.60. The summed E-state index contributed by atoms with van der Waals surface area (Å²) in [5.41, 5.74) is 1.83. The molecule has 8 atom stereocenters. The maximum atomic E-state index is 13.4. The number of nitrogens with zero attached hydrogens (tertiary/aromatic N) is 1. The van der Waals surface area contributed by atoms with Crippen molar-refractivity contribution in [3.63, 3.8) is 0 Å². The smallest absolute Gasteiger partial charge is 0.144 e. The number of H-pyrrole nitrogens is 1. The molecule has 4 aliphatic rings. The van der Waals surface area contributed by atoms with Crippen molar-refractivity contribution in [3.05, 3.63) is 17.2 Å². The minimum atomic E-state index is -0.440. The molecule has 0 radical (unpaired) electrons. The van der Waals surface area contributed by atoms with Crippen LogP contribution in [-0.2, 0) is 11.2 Å². The van der Waals surface area contributed by atoms with E-state index < -0.39 is 5.60 Å². The molecule has 4 fully saturated rings. The van der Waals surface area contributed by atoms with Gasteiger partial charge in [0.2, 0.25) is 0 Å². The molecule has 166 valence electrons. The van der Waals surface area contributed by atoms with Crippen LogP contribution in [0.3, 0.4) is 0 Å². The molecule has 4 nitrogen and oxygen atoms in total. The lowest BCUT2D eigenvalue weighted by atomic mass is 9.49. The molecule has 0 aromatic carbocycles. The van der Waals surface area contributed by atoms with Crippen LogP contribution in [0.2, 0.25) is 0 Å². The van der Waals surface area contributed by atoms with Crippen molar-refractivity contribution in [1.82, 2.24) is 9.97 Å². The van der Waals surface area contributed by atoms with Crippen LogP contribution in [0.1, 0.15) is 88.8 Å². The Labute approximate surface area is 181 Å². The summed E-state index contributed by atoms with van der Waals surface area (Å²) >= 11 is 0. The monoisotopic (exact) mass is 412 g/mol. The van der Waals surface area contributed by atoms with Gasteiger partial charge in [-0.15, -0.1) is 0 Å². The fourth-order valence-corrected chi connectivity index (χ4v) is 8.60. The van der Waals surface area contributed by atoms with E-state index in [1.807, 2.05) is 20.8 Å². The molecule has 0 unspecified atom stereocenters. The van der Waals surface area contributed by atoms with Crippen molar-refractivity contribution < 1.29 is 9.90 Å². The zero-order chi connectivity index (χ0) is 21.3. The standard InChI is InChI=1S/C26H40N2O2/c1-15-16(2)28-24(27-15)13-23(29)22-8-7-21-20-6-5-17-14-25(3,30)11-9-18(17)19(20)10-12-26(21,22)4/h17-22,30H,5-14H2,1-4H3,(H,27,28)/t17-,18+,19-,20-,21+,22-,25-,26+/m1/s1. The summed E-state index contributed by atoms with van der Waals surface area (Å²) in [4.78, 5) is 21.3. The number of rotatable bonds is 3. The summed E-state index contributed by atoms with van der Waals surface area (Å²) in [5.74, 6) is 5.37. The number of ketones is 1. The molecular weight excluding hydrogens is 372 g/mol. The largest absolute Gasteiger partial charge is 0.390 e. The normalized spacial score (nSPS) is 45.5. The third kappa shape index (κ3) is 3.29. The van der Waals surface area contributed by atoms with Crippen LogP contribution < -0.4 is 0 Å². The third-order valence-corrected chi connectivity index (χ3v) is 10.1. The molecule has 4 saturated carbocycles. The molecule has 0 spiro atoms. The zero-order valence-electron chi connectivity index (χ0n) is 19.3. The van der Waals surface area contributed by atoms with Gasteiger partial charge in [-0.3, -0.25) is 4.79 Å². The van der Waals surface area contributed by atoms with E-state index in [2.05, 4.69) is 16.9 Å². The lowest BCUT2D eigenvalue weighted by molar-refractivity contribution is -0.131. The number of aliphatic hydroxyl groups is 1. The number of nitrogens with one attached hydrogen (secondary N) is 1. The Morgan fingerprint density at radius 3 is 2.53 bits per heavy atom. The summed E-state index contributed by atoms with van der Waals surface area (Å²) in [6, 6.07) is 0. The van der Waals surface area contributed by atoms with E-state index in [9.17, 15) is 9.90 Å². The van der Waals surface area contributed by atoms with Crippen molar-refractivity contribution in [2.24, 2.45) is 40.9 Å². The van der Waals surface area contributed by atoms with Crippen molar-refractivity contribution >= 4 is 5.78 Å². The van der Waals surface area contributed by atoms with E-state index in [4.69, 9.17) is 0 Å². The van der Waals surface area contributed by atoms with E-state index in [1.54, 1.807) is 0 Å². The number of aryl methyl sites for hydroxylation is 2. The number of fused-ring (bicyclic) bond motifs is 5. The van der Waals surface area contributed by atoms with Crippen LogP contribution in [0, 0.1) is 54.8 Å². The van der Waals surface area contributed by atoms with Gasteiger partial charge in [0.15, 0.2) is 0 Å². The van der Waals surface area contributed by atoms with Crippen LogP contribution in [0.4, 0.5) is 0 Å². The second-order valence-corrected chi connectivity index (χ2v) is 11.9. The van der Waals surface area contributed by atoms with Crippen LogP contribution in [0.25, 0.3) is 0 Å². The van der Waals surface area contributed by atoms with Gasteiger partial charge in [0.25, 0.3) is 0 Å². The summed E-state index contributed by atoms with van der Waals surface area (Å²) in [7, 11) is 0. The molecule has 5 rings (SSSR count). The molecule has 0 bridgehead atoms. The molecule has 0 saturated heterocycles. The first-order chi connectivity index (χ1) is 14.2. The summed E-state index contributed by atoms with van der Waals surface area (Å²) in [6.45, 7) is 8.53. The Hall–Kier alpha value is -1.16. The molecule has 2 N–H and O–H groups in total. The predicted octanol–water partition coefficient (Wildman–Crippen LogP) is 5.16. The molecule has 1 aromatic heterocycles. The van der Waals surface area contributed by atoms with E-state index in [0.717, 1.165) is 60.1 Å². The Morgan fingerprint density at radius 1 is 1.03 bits per heavy atom. The average molecular weight is 413 g/mol. The minimum absolute atomic E-state index is 0.182. The van der Waals surface area contributed by atoms with Gasteiger partial charge in [0.1, 0.15) is 11.6 Å². The van der Waals surface area contributed by atoms with Crippen LogP contribution in [0.15, 0.2) is 0 Å². The zero-order valence-corrected chi connectivity index (χ0v) is 19.3. The Balaban J connectivity index is 1.31. The van der Waals surface area contributed by atoms with Crippen LogP contribution in [-0.4, -0.2) is 26.5 Å². The van der Waals surface area contributed by atoms with Gasteiger partial charge in [0.05, 0.1) is 17.7 Å². The highest BCUT2D eigenvalue weighted by Crippen LogP contribution is 2.64. The second-order valence-electron chi connectivity index (χ2n) is 11.9. The number of Topliss-reactive ketones (excluding diaryl/α,β-unsaturated/α-hetero) is 1. The molecule has 4 aliphatic carbocycles. The van der Waals surface area contributed by atoms with Crippen LogP contribution in [0.5, 0.6) is 0 Å². The lowest BCUT2D eigenvalue weighted by Crippen LogP contribution is -2.51. The van der Waals surface area contributed by atoms with Gasteiger partial charge in [0, 0.05) is 11.6 Å². The van der Waals surface area contributed by atoms with Crippen molar-refractivity contribution in [3.8, 4) is 0 Å². The van der Waals surface area contributed by atoms with Crippen LogP contribution >= 0.6 is 0 Å². The maximum absolute atomic E-state index is 13.4. The van der Waals surface area contributed by atoms with Crippen molar-refractivity contribution in [2.45, 2.75) is 97.5 Å². The first-order valence-corrected chi connectivity index (χ1v) is 12.4. The highest BCUT2D eigenvalue weighted by atomic mass is 16.3. The van der Waals surface area contributed by atoms with Crippen molar-refractivity contribution in [1.29, 1.82) is 0 Å². The fraction of sp³-hybridized carbons (Fsp3) is 0.846. The SMILES string of the molecule is Cc1nc(CC(=O)[C@H]2CC[C@H]3[C@@H]4CC[C@@H]5C[C@](C)(O)CC[C@@H]5[C@H]4CC[C@]23C)[nH]c1C. The molecule has 4 heteroatoms. The topological polar surface area (TPSA) is 66.0 Å². The quantitative estimate of drug-likeness (QED) is 0.721. The first-order valence-electron chi connectivity index (χ1n) is 12.4. The highest BCUT2D eigenvalue weighted by Gasteiger charge is 2.58. The number of carbonyl (C=O) groups excluding carboxylic acids is 1. The number of hydrogen-bond acceptors (Lipinski definition) is 3. The molecule has 1 heterocycles. The Kier molecular flexibility index (Phi) is 4.96. The summed E-state index contributed by atoms with van der Waals surface area (Å²) < 4.78 is 0. The van der Waals surface area contributed by atoms with E-state index in [1.165, 1.54) is 38.5 Å². The molecule has 0 amide bonds. The van der Waals surface area contributed by atoms with Gasteiger partial charge in [-0.25, -0.2) is 4.98 Å². The highest BCUT2D eigenvalue weighted by molar-refractivity contribution is 5.83. The third-order valence-electron chi connectivity index (χ3n) is 10.1. The molecule has 30 heavy (non-hydrogen) atoms. The van der Waals surface area contributed by atoms with E-state index in [0.29, 0.717) is 18.1 Å². The minimum Gasteiger partial charge on any atom is -0.390 e. The maximum Gasteiger partial charge on any atom is 0.144 e.